The third-order valence-electron chi connectivity index (χ3n) is 1.71. The van der Waals surface area contributed by atoms with Gasteiger partial charge in [0, 0.05) is 6.04 Å². The van der Waals surface area contributed by atoms with Gasteiger partial charge in [0.25, 0.3) is 0 Å². The van der Waals surface area contributed by atoms with Gasteiger partial charge in [0.05, 0.1) is 0 Å². The molecular weight excluding hydrogens is 162 g/mol. The Balaban J connectivity index is 3.99. The Labute approximate surface area is 68.3 Å². The summed E-state index contributed by atoms with van der Waals surface area (Å²) in [6.45, 7) is 7.64. The summed E-state index contributed by atoms with van der Waals surface area (Å²) in [6, 6.07) is -0.130. The van der Waals surface area contributed by atoms with Crippen LogP contribution >= 0.6 is 0 Å². The molecule has 0 saturated carbocycles. The van der Waals surface area contributed by atoms with E-state index in [-0.39, 0.29) is 11.5 Å². The molecule has 0 saturated heterocycles. The Hall–Kier alpha value is 0.0569. The van der Waals surface area contributed by atoms with E-state index in [9.17, 15) is 0 Å². The van der Waals surface area contributed by atoms with Crippen molar-refractivity contribution in [2.24, 2.45) is 5.41 Å². The van der Waals surface area contributed by atoms with Crippen molar-refractivity contribution in [2.75, 3.05) is 0 Å². The minimum atomic E-state index is -4.08. The molecule has 0 fully saturated rings. The average Bonchev–Trinajstić information content (AvgIpc) is 1.56. The Kier molecular flexibility index (Phi) is 3.22. The molecule has 0 bridgehead atoms. The second-order valence-corrected chi connectivity index (χ2v) is 5.43. The van der Waals surface area contributed by atoms with Gasteiger partial charge in [0.15, 0.2) is 0 Å². The molecule has 1 atom stereocenters. The summed E-state index contributed by atoms with van der Waals surface area (Å²) >= 11 is 0. The standard InChI is InChI=1S/C6H17NO3Si/c1-5(6(2,3)4)7-11(8,9)10/h5,7-10H,1-4H3. The molecule has 0 aliphatic heterocycles. The van der Waals surface area contributed by atoms with E-state index >= 15 is 0 Å². The molecule has 0 aromatic rings. The van der Waals surface area contributed by atoms with Crippen molar-refractivity contribution in [1.82, 2.24) is 4.98 Å². The fourth-order valence-corrected chi connectivity index (χ4v) is 1.52. The zero-order valence-corrected chi connectivity index (χ0v) is 8.42. The fraction of sp³-hybridized carbons (Fsp3) is 1.00. The largest absolute Gasteiger partial charge is 0.588 e. The molecule has 0 aromatic carbocycles. The summed E-state index contributed by atoms with van der Waals surface area (Å²) in [4.78, 5) is 28.4. The van der Waals surface area contributed by atoms with E-state index in [1.165, 1.54) is 0 Å². The normalized spacial score (nSPS) is 16.6. The quantitative estimate of drug-likeness (QED) is 0.428. The summed E-state index contributed by atoms with van der Waals surface area (Å²) in [7, 11) is -4.08. The summed E-state index contributed by atoms with van der Waals surface area (Å²) < 4.78 is 0. The maximum absolute atomic E-state index is 8.69. The van der Waals surface area contributed by atoms with Crippen molar-refractivity contribution < 1.29 is 14.4 Å². The van der Waals surface area contributed by atoms with Crippen LogP contribution in [0.3, 0.4) is 0 Å². The van der Waals surface area contributed by atoms with Gasteiger partial charge in [-0.05, 0) is 12.3 Å². The molecule has 5 heteroatoms. The van der Waals surface area contributed by atoms with E-state index in [2.05, 4.69) is 4.98 Å². The van der Waals surface area contributed by atoms with Gasteiger partial charge in [0.2, 0.25) is 0 Å². The number of hydrogen-bond acceptors (Lipinski definition) is 4. The molecule has 0 aliphatic rings. The lowest BCUT2D eigenvalue weighted by atomic mass is 9.89. The van der Waals surface area contributed by atoms with Gasteiger partial charge in [-0.2, -0.15) is 0 Å². The van der Waals surface area contributed by atoms with Crippen LogP contribution in [0.1, 0.15) is 27.7 Å². The Morgan fingerprint density at radius 1 is 1.18 bits per heavy atom. The van der Waals surface area contributed by atoms with Crippen LogP contribution in [0.25, 0.3) is 0 Å². The smallest absolute Gasteiger partial charge is 0.377 e. The van der Waals surface area contributed by atoms with Gasteiger partial charge in [0.1, 0.15) is 0 Å². The van der Waals surface area contributed by atoms with Crippen molar-refractivity contribution in [3.05, 3.63) is 0 Å². The van der Waals surface area contributed by atoms with Crippen LogP contribution in [0.2, 0.25) is 0 Å². The van der Waals surface area contributed by atoms with E-state index in [0.717, 1.165) is 0 Å². The molecule has 4 N–H and O–H groups in total. The molecule has 68 valence electrons. The molecular formula is C6H17NO3Si. The number of rotatable bonds is 2. The van der Waals surface area contributed by atoms with Crippen LogP contribution in [0.5, 0.6) is 0 Å². The highest BCUT2D eigenvalue weighted by Gasteiger charge is 2.33. The third-order valence-corrected chi connectivity index (χ3v) is 2.53. The van der Waals surface area contributed by atoms with E-state index in [0.29, 0.717) is 0 Å². The van der Waals surface area contributed by atoms with Gasteiger partial charge >= 0.3 is 8.97 Å². The average molecular weight is 179 g/mol. The second kappa shape index (κ2) is 3.20. The topological polar surface area (TPSA) is 72.7 Å². The third kappa shape index (κ3) is 5.34. The van der Waals surface area contributed by atoms with Gasteiger partial charge in [-0.15, -0.1) is 0 Å². The maximum Gasteiger partial charge on any atom is 0.588 e. The van der Waals surface area contributed by atoms with Crippen molar-refractivity contribution in [3.63, 3.8) is 0 Å². The highest BCUT2D eigenvalue weighted by atomic mass is 28.4. The first-order valence-electron chi connectivity index (χ1n) is 3.58. The Morgan fingerprint density at radius 3 is 1.64 bits per heavy atom. The maximum atomic E-state index is 8.69. The molecule has 1 unspecified atom stereocenters. The minimum Gasteiger partial charge on any atom is -0.377 e. The minimum absolute atomic E-state index is 0.0908. The zero-order chi connectivity index (χ0) is 9.28. The van der Waals surface area contributed by atoms with Crippen LogP contribution in [0.4, 0.5) is 0 Å². The molecule has 11 heavy (non-hydrogen) atoms. The van der Waals surface area contributed by atoms with E-state index < -0.39 is 8.97 Å². The highest BCUT2D eigenvalue weighted by Crippen LogP contribution is 2.18. The lowest BCUT2D eigenvalue weighted by Crippen LogP contribution is -2.58. The molecule has 0 radical (unpaired) electrons. The van der Waals surface area contributed by atoms with Crippen LogP contribution in [-0.4, -0.2) is 29.4 Å². The summed E-state index contributed by atoms with van der Waals surface area (Å²) in [5, 5.41) is 0. The first-order valence-corrected chi connectivity index (χ1v) is 5.42. The van der Waals surface area contributed by atoms with Gasteiger partial charge in [-0.25, -0.2) is 0 Å². The van der Waals surface area contributed by atoms with Crippen molar-refractivity contribution >= 4 is 8.97 Å². The molecule has 0 rings (SSSR count). The van der Waals surface area contributed by atoms with Crippen LogP contribution in [0, 0.1) is 5.41 Å². The first-order chi connectivity index (χ1) is 4.63. The lowest BCUT2D eigenvalue weighted by molar-refractivity contribution is 0.180. The van der Waals surface area contributed by atoms with E-state index in [4.69, 9.17) is 14.4 Å². The molecule has 4 nitrogen and oxygen atoms in total. The van der Waals surface area contributed by atoms with Crippen molar-refractivity contribution in [1.29, 1.82) is 0 Å². The fourth-order valence-electron chi connectivity index (χ4n) is 0.507. The SMILES string of the molecule is CC(N[Si](O)(O)O)C(C)(C)C. The predicted molar refractivity (Wildman–Crippen MR) is 44.5 cm³/mol. The van der Waals surface area contributed by atoms with E-state index in [1.807, 2.05) is 20.8 Å². The molecule has 0 heterocycles. The summed E-state index contributed by atoms with van der Waals surface area (Å²) in [6.07, 6.45) is 0. The number of hydrogen-bond donors (Lipinski definition) is 4. The lowest BCUT2D eigenvalue weighted by Gasteiger charge is -2.29. The number of nitrogens with one attached hydrogen (secondary N) is 1. The molecule has 0 amide bonds. The molecule has 0 aromatic heterocycles. The monoisotopic (exact) mass is 179 g/mol. The Morgan fingerprint density at radius 2 is 1.55 bits per heavy atom. The molecule has 0 aliphatic carbocycles. The van der Waals surface area contributed by atoms with Crippen molar-refractivity contribution in [3.8, 4) is 0 Å². The van der Waals surface area contributed by atoms with Crippen LogP contribution in [-0.2, 0) is 0 Å². The summed E-state index contributed by atoms with van der Waals surface area (Å²) in [5.74, 6) is 0. The molecule has 0 spiro atoms. The summed E-state index contributed by atoms with van der Waals surface area (Å²) in [5.41, 5.74) is -0.0908. The van der Waals surface area contributed by atoms with Gasteiger partial charge in [-0.3, -0.25) is 4.98 Å². The zero-order valence-electron chi connectivity index (χ0n) is 7.42. The van der Waals surface area contributed by atoms with Gasteiger partial charge < -0.3 is 14.4 Å². The predicted octanol–water partition coefficient (Wildman–Crippen LogP) is -0.577. The van der Waals surface area contributed by atoms with Crippen LogP contribution < -0.4 is 4.98 Å². The van der Waals surface area contributed by atoms with E-state index in [1.54, 1.807) is 6.92 Å². The second-order valence-electron chi connectivity index (χ2n) is 3.87. The highest BCUT2D eigenvalue weighted by molar-refractivity contribution is 6.53. The van der Waals surface area contributed by atoms with Crippen LogP contribution in [0.15, 0.2) is 0 Å². The Bertz CT molecular complexity index is 127. The first kappa shape index (κ1) is 11.1. The van der Waals surface area contributed by atoms with Gasteiger partial charge in [-0.1, -0.05) is 20.8 Å². The van der Waals surface area contributed by atoms with Crippen molar-refractivity contribution in [2.45, 2.75) is 33.7 Å².